The maximum absolute atomic E-state index is 14.6. The lowest BCUT2D eigenvalue weighted by molar-refractivity contribution is -0.143. The van der Waals surface area contributed by atoms with Gasteiger partial charge in [0.05, 0.1) is 12.2 Å². The fourth-order valence-corrected chi connectivity index (χ4v) is 2.95. The molecule has 6 heteroatoms. The third kappa shape index (κ3) is 4.54. The molecule has 0 bridgehead atoms. The summed E-state index contributed by atoms with van der Waals surface area (Å²) in [7, 11) is 0. The van der Waals surface area contributed by atoms with E-state index in [9.17, 15) is 19.1 Å². The Hall–Kier alpha value is -3.41. The highest BCUT2D eigenvalue weighted by atomic mass is 19.1. The van der Waals surface area contributed by atoms with Gasteiger partial charge in [-0.15, -0.1) is 0 Å². The van der Waals surface area contributed by atoms with Crippen molar-refractivity contribution in [3.8, 4) is 5.75 Å². The molecule has 29 heavy (non-hydrogen) atoms. The van der Waals surface area contributed by atoms with Crippen molar-refractivity contribution in [2.24, 2.45) is 0 Å². The first-order valence-corrected chi connectivity index (χ1v) is 9.23. The van der Waals surface area contributed by atoms with E-state index < -0.39 is 23.2 Å². The summed E-state index contributed by atoms with van der Waals surface area (Å²) in [6.07, 6.45) is 0.605. The largest absolute Gasteiger partial charge is 0.492 e. The average molecular weight is 395 g/mol. The molecule has 0 aliphatic carbocycles. The minimum Gasteiger partial charge on any atom is -0.492 e. The van der Waals surface area contributed by atoms with E-state index in [1.807, 2.05) is 30.3 Å². The fraction of sp³-hybridized carbons (Fsp3) is 0.217. The summed E-state index contributed by atoms with van der Waals surface area (Å²) in [5, 5.41) is 12.5. The van der Waals surface area contributed by atoms with Gasteiger partial charge in [-0.05, 0) is 25.5 Å². The number of aliphatic carboxylic acids is 1. The summed E-state index contributed by atoms with van der Waals surface area (Å²) in [5.74, 6) is -2.25. The van der Waals surface area contributed by atoms with Gasteiger partial charge < -0.3 is 15.2 Å². The smallest absolute Gasteiger partial charge is 0.328 e. The molecule has 2 N–H and O–H groups in total. The van der Waals surface area contributed by atoms with Crippen molar-refractivity contribution in [2.75, 3.05) is 6.61 Å². The van der Waals surface area contributed by atoms with E-state index in [0.29, 0.717) is 17.2 Å². The predicted molar refractivity (Wildman–Crippen MR) is 109 cm³/mol. The Labute approximate surface area is 168 Å². The monoisotopic (exact) mass is 395 g/mol. The van der Waals surface area contributed by atoms with Crippen molar-refractivity contribution in [3.63, 3.8) is 0 Å². The molecule has 3 rings (SSSR count). The molecule has 0 spiro atoms. The van der Waals surface area contributed by atoms with Crippen LogP contribution in [0.15, 0.2) is 60.7 Å². The highest BCUT2D eigenvalue weighted by Crippen LogP contribution is 2.32. The van der Waals surface area contributed by atoms with E-state index >= 15 is 0 Å². The Morgan fingerprint density at radius 3 is 2.31 bits per heavy atom. The molecule has 0 saturated carbocycles. The SMILES string of the molecule is CC(C)(NC(=O)c1cc(F)c2ccccc2c1OCCc1ccccc1)C(=O)O. The molecule has 5 nitrogen and oxygen atoms in total. The van der Waals surface area contributed by atoms with Crippen LogP contribution in [0.25, 0.3) is 10.8 Å². The van der Waals surface area contributed by atoms with Crippen molar-refractivity contribution in [3.05, 3.63) is 77.6 Å². The van der Waals surface area contributed by atoms with Crippen LogP contribution in [0.3, 0.4) is 0 Å². The van der Waals surface area contributed by atoms with Crippen molar-refractivity contribution in [1.29, 1.82) is 0 Å². The molecular weight excluding hydrogens is 373 g/mol. The van der Waals surface area contributed by atoms with Crippen LogP contribution in [0.4, 0.5) is 4.39 Å². The number of carboxylic acids is 1. The van der Waals surface area contributed by atoms with Crippen molar-refractivity contribution < 1.29 is 23.8 Å². The molecule has 0 heterocycles. The van der Waals surface area contributed by atoms with Gasteiger partial charge in [0.2, 0.25) is 0 Å². The maximum atomic E-state index is 14.6. The number of carboxylic acid groups (broad SMARTS) is 1. The standard InChI is InChI=1S/C23H22FNO4/c1-23(2,22(27)28)25-21(26)18-14-19(24)16-10-6-7-11-17(16)20(18)29-13-12-15-8-4-3-5-9-15/h3-11,14H,12-13H2,1-2H3,(H,25,26)(H,27,28). The van der Waals surface area contributed by atoms with Crippen LogP contribution in [0.5, 0.6) is 5.75 Å². The van der Waals surface area contributed by atoms with E-state index in [-0.39, 0.29) is 17.9 Å². The molecule has 150 valence electrons. The number of halogens is 1. The van der Waals surface area contributed by atoms with E-state index in [2.05, 4.69) is 5.32 Å². The zero-order chi connectivity index (χ0) is 21.0. The first-order valence-electron chi connectivity index (χ1n) is 9.23. The van der Waals surface area contributed by atoms with E-state index in [0.717, 1.165) is 11.6 Å². The molecule has 3 aromatic rings. The molecular formula is C23H22FNO4. The van der Waals surface area contributed by atoms with Crippen molar-refractivity contribution in [2.45, 2.75) is 25.8 Å². The van der Waals surface area contributed by atoms with Gasteiger partial charge in [0, 0.05) is 17.2 Å². The molecule has 0 saturated heterocycles. The van der Waals surface area contributed by atoms with Crippen molar-refractivity contribution >= 4 is 22.6 Å². The van der Waals surface area contributed by atoms with Gasteiger partial charge in [-0.1, -0.05) is 54.6 Å². The lowest BCUT2D eigenvalue weighted by Gasteiger charge is -2.22. The molecule has 0 atom stereocenters. The molecule has 0 fully saturated rings. The molecule has 0 aliphatic heterocycles. The lowest BCUT2D eigenvalue weighted by atomic mass is 10.0. The first kappa shape index (κ1) is 20.3. The van der Waals surface area contributed by atoms with Crippen LogP contribution in [-0.4, -0.2) is 29.1 Å². The second-order valence-corrected chi connectivity index (χ2v) is 7.25. The molecule has 1 amide bonds. The van der Waals surface area contributed by atoms with Crippen LogP contribution in [0.1, 0.15) is 29.8 Å². The van der Waals surface area contributed by atoms with Gasteiger partial charge in [-0.3, -0.25) is 4.79 Å². The summed E-state index contributed by atoms with van der Waals surface area (Å²) < 4.78 is 20.5. The minimum absolute atomic E-state index is 0.0383. The molecule has 0 aliphatic rings. The summed E-state index contributed by atoms with van der Waals surface area (Å²) in [5.41, 5.74) is -0.485. The van der Waals surface area contributed by atoms with Gasteiger partial charge >= 0.3 is 5.97 Å². The zero-order valence-corrected chi connectivity index (χ0v) is 16.2. The number of hydrogen-bond acceptors (Lipinski definition) is 3. The Balaban J connectivity index is 1.96. The van der Waals surface area contributed by atoms with Gasteiger partial charge in [-0.25, -0.2) is 9.18 Å². The highest BCUT2D eigenvalue weighted by Gasteiger charge is 2.31. The average Bonchev–Trinajstić information content (AvgIpc) is 2.70. The Kier molecular flexibility index (Phi) is 5.82. The number of carbonyl (C=O) groups is 2. The second-order valence-electron chi connectivity index (χ2n) is 7.25. The molecule has 3 aromatic carbocycles. The van der Waals surface area contributed by atoms with E-state index in [1.54, 1.807) is 24.3 Å². The summed E-state index contributed by atoms with van der Waals surface area (Å²) in [6.45, 7) is 3.00. The third-order valence-electron chi connectivity index (χ3n) is 4.63. The van der Waals surface area contributed by atoms with Crippen LogP contribution in [-0.2, 0) is 11.2 Å². The number of amides is 1. The number of nitrogens with one attached hydrogen (secondary N) is 1. The topological polar surface area (TPSA) is 75.6 Å². The predicted octanol–water partition coefficient (Wildman–Crippen LogP) is 4.19. The van der Waals surface area contributed by atoms with Gasteiger partial charge in [0.25, 0.3) is 5.91 Å². The number of hydrogen-bond donors (Lipinski definition) is 2. The van der Waals surface area contributed by atoms with Crippen LogP contribution < -0.4 is 10.1 Å². The van der Waals surface area contributed by atoms with E-state index in [1.165, 1.54) is 13.8 Å². The van der Waals surface area contributed by atoms with Crippen LogP contribution in [0, 0.1) is 5.82 Å². The normalized spacial score (nSPS) is 11.3. The maximum Gasteiger partial charge on any atom is 0.328 e. The van der Waals surface area contributed by atoms with Gasteiger partial charge in [0.15, 0.2) is 0 Å². The second kappa shape index (κ2) is 8.31. The van der Waals surface area contributed by atoms with Gasteiger partial charge in [0.1, 0.15) is 17.1 Å². The van der Waals surface area contributed by atoms with Crippen molar-refractivity contribution in [1.82, 2.24) is 5.32 Å². The summed E-state index contributed by atoms with van der Waals surface area (Å²) in [4.78, 5) is 24.2. The molecule has 0 radical (unpaired) electrons. The Bertz CT molecular complexity index is 1050. The zero-order valence-electron chi connectivity index (χ0n) is 16.2. The molecule has 0 aromatic heterocycles. The van der Waals surface area contributed by atoms with Crippen LogP contribution in [0.2, 0.25) is 0 Å². The number of carbonyl (C=O) groups excluding carboxylic acids is 1. The summed E-state index contributed by atoms with van der Waals surface area (Å²) in [6, 6.07) is 17.5. The Morgan fingerprint density at radius 1 is 1.03 bits per heavy atom. The van der Waals surface area contributed by atoms with Gasteiger partial charge in [-0.2, -0.15) is 0 Å². The quantitative estimate of drug-likeness (QED) is 0.629. The number of fused-ring (bicyclic) bond motifs is 1. The Morgan fingerprint density at radius 2 is 1.66 bits per heavy atom. The lowest BCUT2D eigenvalue weighted by Crippen LogP contribution is -2.49. The number of rotatable bonds is 7. The summed E-state index contributed by atoms with van der Waals surface area (Å²) >= 11 is 0. The minimum atomic E-state index is -1.51. The molecule has 0 unspecified atom stereocenters. The first-order chi connectivity index (χ1) is 13.8. The fourth-order valence-electron chi connectivity index (χ4n) is 2.95. The number of benzene rings is 3. The number of ether oxygens (including phenoxy) is 1. The highest BCUT2D eigenvalue weighted by molar-refractivity contribution is 6.05. The third-order valence-corrected chi connectivity index (χ3v) is 4.63. The van der Waals surface area contributed by atoms with Crippen LogP contribution >= 0.6 is 0 Å². The van der Waals surface area contributed by atoms with E-state index in [4.69, 9.17) is 4.74 Å².